The molecule has 0 aromatic rings. The highest BCUT2D eigenvalue weighted by atomic mass is 16.2. The molecule has 0 spiro atoms. The smallest absolute Gasteiger partial charge is 0.226 e. The predicted octanol–water partition coefficient (Wildman–Crippen LogP) is 2.97. The normalized spacial score (nSPS) is 13.1. The molecule has 1 N–H and O–H groups in total. The largest absolute Gasteiger partial charge is 0.351 e. The third-order valence-electron chi connectivity index (χ3n) is 3.38. The molecule has 0 fully saturated rings. The van der Waals surface area contributed by atoms with Crippen molar-refractivity contribution >= 4 is 5.91 Å². The van der Waals surface area contributed by atoms with Gasteiger partial charge in [0.15, 0.2) is 0 Å². The first kappa shape index (κ1) is 13.5. The number of hydrogen-bond donors (Lipinski definition) is 1. The second kappa shape index (κ2) is 4.33. The van der Waals surface area contributed by atoms with Gasteiger partial charge in [0.1, 0.15) is 0 Å². The van der Waals surface area contributed by atoms with Crippen molar-refractivity contribution in [2.24, 2.45) is 11.3 Å². The van der Waals surface area contributed by atoms with Crippen LogP contribution >= 0.6 is 0 Å². The van der Waals surface area contributed by atoms with E-state index in [-0.39, 0.29) is 16.9 Å². The predicted molar refractivity (Wildman–Crippen MR) is 61.1 cm³/mol. The van der Waals surface area contributed by atoms with Gasteiger partial charge < -0.3 is 5.32 Å². The van der Waals surface area contributed by atoms with Crippen molar-refractivity contribution in [1.82, 2.24) is 5.32 Å². The molecule has 0 aromatic heterocycles. The maximum atomic E-state index is 11.9. The zero-order valence-corrected chi connectivity index (χ0v) is 10.7. The van der Waals surface area contributed by atoms with Crippen LogP contribution in [0.3, 0.4) is 0 Å². The Bertz CT molecular complexity index is 204. The first-order chi connectivity index (χ1) is 6.13. The van der Waals surface area contributed by atoms with E-state index in [0.717, 1.165) is 6.42 Å². The van der Waals surface area contributed by atoms with Crippen LogP contribution in [0.15, 0.2) is 0 Å². The molecule has 0 rings (SSSR count). The molecular formula is C12H25NO. The number of nitrogens with one attached hydrogen (secondary N) is 1. The van der Waals surface area contributed by atoms with E-state index in [1.807, 2.05) is 20.8 Å². The zero-order valence-electron chi connectivity index (χ0n) is 10.7. The Morgan fingerprint density at radius 3 is 1.93 bits per heavy atom. The lowest BCUT2D eigenvalue weighted by atomic mass is 9.85. The fourth-order valence-corrected chi connectivity index (χ4v) is 0.767. The standard InChI is InChI=1S/C12H25NO/c1-8-11(4,5)10(14)13-12(6,7)9(2)3/h9H,8H2,1-7H3,(H,13,14). The lowest BCUT2D eigenvalue weighted by Gasteiger charge is -2.34. The van der Waals surface area contributed by atoms with Crippen LogP contribution in [-0.2, 0) is 4.79 Å². The van der Waals surface area contributed by atoms with E-state index in [0.29, 0.717) is 5.92 Å². The summed E-state index contributed by atoms with van der Waals surface area (Å²) in [5.74, 6) is 0.595. The molecule has 14 heavy (non-hydrogen) atoms. The Kier molecular flexibility index (Phi) is 4.16. The summed E-state index contributed by atoms with van der Waals surface area (Å²) >= 11 is 0. The summed E-state index contributed by atoms with van der Waals surface area (Å²) < 4.78 is 0. The molecule has 2 nitrogen and oxygen atoms in total. The monoisotopic (exact) mass is 199 g/mol. The van der Waals surface area contributed by atoms with E-state index in [1.54, 1.807) is 0 Å². The molecule has 0 atom stereocenters. The molecule has 0 saturated carbocycles. The van der Waals surface area contributed by atoms with Gasteiger partial charge in [0.05, 0.1) is 0 Å². The number of carbonyl (C=O) groups excluding carboxylic acids is 1. The molecule has 0 unspecified atom stereocenters. The number of hydrogen-bond acceptors (Lipinski definition) is 1. The highest BCUT2D eigenvalue weighted by molar-refractivity contribution is 5.82. The Balaban J connectivity index is 4.48. The Hall–Kier alpha value is -0.530. The fourth-order valence-electron chi connectivity index (χ4n) is 0.767. The van der Waals surface area contributed by atoms with Gasteiger partial charge in [0.25, 0.3) is 0 Å². The molecule has 0 heterocycles. The Morgan fingerprint density at radius 1 is 1.21 bits per heavy atom. The van der Waals surface area contributed by atoms with Crippen molar-refractivity contribution in [2.45, 2.75) is 60.4 Å². The molecule has 2 heteroatoms. The SMILES string of the molecule is CCC(C)(C)C(=O)NC(C)(C)C(C)C. The summed E-state index contributed by atoms with van der Waals surface area (Å²) in [5.41, 5.74) is -0.379. The van der Waals surface area contributed by atoms with E-state index in [4.69, 9.17) is 0 Å². The molecule has 84 valence electrons. The van der Waals surface area contributed by atoms with Crippen LogP contribution in [-0.4, -0.2) is 11.4 Å². The highest BCUT2D eigenvalue weighted by Crippen LogP contribution is 2.23. The topological polar surface area (TPSA) is 29.1 Å². The van der Waals surface area contributed by atoms with Gasteiger partial charge in [-0.1, -0.05) is 34.6 Å². The van der Waals surface area contributed by atoms with Crippen molar-refractivity contribution in [3.8, 4) is 0 Å². The number of carbonyl (C=O) groups is 1. The molecule has 0 aliphatic heterocycles. The second-order valence-electron chi connectivity index (χ2n) is 5.57. The number of rotatable bonds is 4. The quantitative estimate of drug-likeness (QED) is 0.741. The highest BCUT2D eigenvalue weighted by Gasteiger charge is 2.31. The first-order valence-corrected chi connectivity index (χ1v) is 5.46. The van der Waals surface area contributed by atoms with Crippen molar-refractivity contribution in [3.05, 3.63) is 0 Å². The summed E-state index contributed by atoms with van der Waals surface area (Å²) in [4.78, 5) is 11.9. The lowest BCUT2D eigenvalue weighted by Crippen LogP contribution is -2.51. The summed E-state index contributed by atoms with van der Waals surface area (Å²) in [6, 6.07) is 0. The maximum Gasteiger partial charge on any atom is 0.226 e. The minimum Gasteiger partial charge on any atom is -0.351 e. The van der Waals surface area contributed by atoms with E-state index >= 15 is 0 Å². The van der Waals surface area contributed by atoms with Gasteiger partial charge in [-0.25, -0.2) is 0 Å². The van der Waals surface area contributed by atoms with Crippen molar-refractivity contribution in [1.29, 1.82) is 0 Å². The van der Waals surface area contributed by atoms with Crippen molar-refractivity contribution in [2.75, 3.05) is 0 Å². The van der Waals surface area contributed by atoms with Gasteiger partial charge in [-0.2, -0.15) is 0 Å². The Labute approximate surface area is 88.5 Å². The van der Waals surface area contributed by atoms with Gasteiger partial charge in [-0.15, -0.1) is 0 Å². The van der Waals surface area contributed by atoms with E-state index in [9.17, 15) is 4.79 Å². The molecule has 0 radical (unpaired) electrons. The van der Waals surface area contributed by atoms with Crippen LogP contribution in [0.25, 0.3) is 0 Å². The van der Waals surface area contributed by atoms with Crippen molar-refractivity contribution in [3.63, 3.8) is 0 Å². The van der Waals surface area contributed by atoms with Gasteiger partial charge in [0, 0.05) is 11.0 Å². The van der Waals surface area contributed by atoms with Gasteiger partial charge in [0.2, 0.25) is 5.91 Å². The summed E-state index contributed by atoms with van der Waals surface area (Å²) in [6.07, 6.45) is 0.868. The molecule has 0 aliphatic rings. The van der Waals surface area contributed by atoms with Gasteiger partial charge in [-0.05, 0) is 26.2 Å². The third kappa shape index (κ3) is 3.32. The minimum absolute atomic E-state index is 0.122. The minimum atomic E-state index is -0.258. The lowest BCUT2D eigenvalue weighted by molar-refractivity contribution is -0.131. The maximum absolute atomic E-state index is 11.9. The third-order valence-corrected chi connectivity index (χ3v) is 3.38. The fraction of sp³-hybridized carbons (Fsp3) is 0.917. The van der Waals surface area contributed by atoms with E-state index in [1.165, 1.54) is 0 Å². The van der Waals surface area contributed by atoms with Crippen LogP contribution in [0.4, 0.5) is 0 Å². The van der Waals surface area contributed by atoms with Crippen molar-refractivity contribution < 1.29 is 4.79 Å². The summed E-state index contributed by atoms with van der Waals surface area (Å²) in [7, 11) is 0. The van der Waals surface area contributed by atoms with Crippen LogP contribution in [0, 0.1) is 11.3 Å². The number of amides is 1. The summed E-state index contributed by atoms with van der Waals surface area (Å²) in [6.45, 7) is 14.4. The average molecular weight is 199 g/mol. The molecule has 0 aromatic carbocycles. The van der Waals surface area contributed by atoms with Crippen LogP contribution in [0.2, 0.25) is 0 Å². The molecule has 0 aliphatic carbocycles. The van der Waals surface area contributed by atoms with Crippen LogP contribution in [0.5, 0.6) is 0 Å². The molecular weight excluding hydrogens is 174 g/mol. The van der Waals surface area contributed by atoms with Gasteiger partial charge >= 0.3 is 0 Å². The van der Waals surface area contributed by atoms with Crippen LogP contribution in [0.1, 0.15) is 54.9 Å². The molecule has 0 saturated heterocycles. The van der Waals surface area contributed by atoms with Gasteiger partial charge in [-0.3, -0.25) is 4.79 Å². The molecule has 1 amide bonds. The molecule has 0 bridgehead atoms. The Morgan fingerprint density at radius 2 is 1.64 bits per heavy atom. The summed E-state index contributed by atoms with van der Waals surface area (Å²) in [5, 5.41) is 3.11. The zero-order chi connectivity index (χ0) is 11.6. The van der Waals surface area contributed by atoms with Crippen LogP contribution < -0.4 is 5.32 Å². The van der Waals surface area contributed by atoms with E-state index < -0.39 is 0 Å². The second-order valence-corrected chi connectivity index (χ2v) is 5.57. The van der Waals surface area contributed by atoms with E-state index in [2.05, 4.69) is 33.0 Å². The first-order valence-electron chi connectivity index (χ1n) is 5.46. The average Bonchev–Trinajstić information content (AvgIpc) is 2.03.